The molecule has 25 heavy (non-hydrogen) atoms. The minimum absolute atomic E-state index is 0.191. The Morgan fingerprint density at radius 1 is 1.32 bits per heavy atom. The van der Waals surface area contributed by atoms with Gasteiger partial charge in [-0.15, -0.1) is 0 Å². The molecule has 4 atom stereocenters. The maximum Gasteiger partial charge on any atom is 0.327 e. The summed E-state index contributed by atoms with van der Waals surface area (Å²) in [6.07, 6.45) is 9.24. The highest BCUT2D eigenvalue weighted by atomic mass is 16.2. The Morgan fingerprint density at radius 3 is 2.60 bits per heavy atom. The number of amides is 3. The van der Waals surface area contributed by atoms with Gasteiger partial charge < -0.3 is 4.90 Å². The fourth-order valence-corrected chi connectivity index (χ4v) is 4.89. The second kappa shape index (κ2) is 6.28. The summed E-state index contributed by atoms with van der Waals surface area (Å²) in [4.78, 5) is 40.8. The second-order valence-electron chi connectivity index (χ2n) is 7.70. The van der Waals surface area contributed by atoms with Crippen molar-refractivity contribution in [3.63, 3.8) is 0 Å². The first kappa shape index (κ1) is 17.6. The van der Waals surface area contributed by atoms with Crippen molar-refractivity contribution in [3.8, 4) is 0 Å². The molecule has 0 aromatic carbocycles. The van der Waals surface area contributed by atoms with E-state index < -0.39 is 5.54 Å². The number of fused-ring (bicyclic) bond motifs is 2. The molecule has 3 amide bonds. The summed E-state index contributed by atoms with van der Waals surface area (Å²) in [7, 11) is 1.68. The summed E-state index contributed by atoms with van der Waals surface area (Å²) in [5.74, 6) is 0.812. The highest BCUT2D eigenvalue weighted by molar-refractivity contribution is 6.11. The van der Waals surface area contributed by atoms with Gasteiger partial charge in [0.05, 0.1) is 6.54 Å². The van der Waals surface area contributed by atoms with E-state index in [0.717, 1.165) is 24.2 Å². The van der Waals surface area contributed by atoms with Crippen LogP contribution in [-0.2, 0) is 9.59 Å². The number of Topliss-reactive ketones (excluding diaryl/α,β-unsaturated/α-hetero) is 1. The Morgan fingerprint density at radius 2 is 2.04 bits per heavy atom. The van der Waals surface area contributed by atoms with Gasteiger partial charge in [0.25, 0.3) is 5.91 Å². The van der Waals surface area contributed by atoms with Crippen LogP contribution in [0.4, 0.5) is 4.79 Å². The molecule has 0 aromatic heterocycles. The number of hydrogen-bond acceptors (Lipinski definition) is 3. The zero-order valence-electron chi connectivity index (χ0n) is 15.0. The van der Waals surface area contributed by atoms with Crippen LogP contribution in [0.2, 0.25) is 0 Å². The number of carbonyl (C=O) groups excluding carboxylic acids is 3. The van der Waals surface area contributed by atoms with E-state index in [9.17, 15) is 14.4 Å². The molecule has 134 valence electrons. The van der Waals surface area contributed by atoms with Gasteiger partial charge in [-0.1, -0.05) is 37.8 Å². The number of nitrogens with zero attached hydrogens (tertiary/aromatic N) is 2. The fraction of sp³-hybridized carbons (Fsp3) is 0.550. The van der Waals surface area contributed by atoms with Crippen molar-refractivity contribution in [2.45, 2.75) is 38.1 Å². The molecule has 1 aliphatic heterocycles. The number of hydrogen-bond donors (Lipinski definition) is 0. The molecule has 5 heteroatoms. The van der Waals surface area contributed by atoms with E-state index in [-0.39, 0.29) is 35.8 Å². The molecule has 3 fully saturated rings. The van der Waals surface area contributed by atoms with Crippen LogP contribution in [0.25, 0.3) is 0 Å². The van der Waals surface area contributed by atoms with Crippen molar-refractivity contribution in [2.24, 2.45) is 17.8 Å². The molecule has 0 spiro atoms. The molecule has 2 aliphatic carbocycles. The van der Waals surface area contributed by atoms with Crippen LogP contribution in [0.5, 0.6) is 0 Å². The second-order valence-corrected chi connectivity index (χ2v) is 7.70. The van der Waals surface area contributed by atoms with Gasteiger partial charge in [-0.05, 0) is 43.9 Å². The highest BCUT2D eigenvalue weighted by Crippen LogP contribution is 2.54. The number of imide groups is 1. The molecule has 0 N–H and O–H groups in total. The predicted octanol–water partition coefficient (Wildman–Crippen LogP) is 2.94. The SMILES string of the molecule is C=C/C=C\C(=C)C(=O)CN1C(=O)N(C)C(C)(C2C[C@H]3CC[C@@H]2C3)C1=O. The number of urea groups is 1. The monoisotopic (exact) mass is 342 g/mol. The van der Waals surface area contributed by atoms with Gasteiger partial charge in [0, 0.05) is 12.6 Å². The molecule has 1 saturated heterocycles. The van der Waals surface area contributed by atoms with Gasteiger partial charge in [-0.25, -0.2) is 4.79 Å². The molecule has 2 unspecified atom stereocenters. The third-order valence-corrected chi connectivity index (χ3v) is 6.45. The molecule has 0 radical (unpaired) electrons. The van der Waals surface area contributed by atoms with Gasteiger partial charge in [-0.3, -0.25) is 14.5 Å². The van der Waals surface area contributed by atoms with Crippen molar-refractivity contribution in [1.82, 2.24) is 9.80 Å². The average molecular weight is 342 g/mol. The number of carbonyl (C=O) groups is 3. The van der Waals surface area contributed by atoms with Crippen molar-refractivity contribution >= 4 is 17.7 Å². The Bertz CT molecular complexity index is 680. The van der Waals surface area contributed by atoms with E-state index >= 15 is 0 Å². The highest BCUT2D eigenvalue weighted by Gasteiger charge is 2.61. The van der Waals surface area contributed by atoms with Crippen LogP contribution in [-0.4, -0.2) is 46.7 Å². The Kier molecular flexibility index (Phi) is 4.43. The molecular formula is C20H26N2O3. The summed E-state index contributed by atoms with van der Waals surface area (Å²) in [5, 5.41) is 0. The standard InChI is InChI=1S/C20H26N2O3/c1-5-6-7-13(2)17(23)12-22-18(24)20(3,21(4)19(22)25)16-11-14-8-9-15(16)10-14/h5-7,14-16H,1-2,8-12H2,3-4H3/b7-6-/t14-,15+,16?,20?/m0/s1. The summed E-state index contributed by atoms with van der Waals surface area (Å²) in [5.41, 5.74) is -0.577. The van der Waals surface area contributed by atoms with Crippen LogP contribution < -0.4 is 0 Å². The van der Waals surface area contributed by atoms with Gasteiger partial charge in [-0.2, -0.15) is 0 Å². The van der Waals surface area contributed by atoms with E-state index in [2.05, 4.69) is 13.2 Å². The Hall–Kier alpha value is -2.17. The van der Waals surface area contributed by atoms with Crippen LogP contribution >= 0.6 is 0 Å². The number of ketones is 1. The van der Waals surface area contributed by atoms with Crippen LogP contribution in [0, 0.1) is 17.8 Å². The summed E-state index contributed by atoms with van der Waals surface area (Å²) in [6.45, 7) is 8.87. The first-order valence-corrected chi connectivity index (χ1v) is 8.91. The van der Waals surface area contributed by atoms with Crippen LogP contribution in [0.3, 0.4) is 0 Å². The van der Waals surface area contributed by atoms with E-state index in [1.165, 1.54) is 6.42 Å². The smallest absolute Gasteiger partial charge is 0.313 e. The zero-order valence-corrected chi connectivity index (χ0v) is 15.0. The van der Waals surface area contributed by atoms with E-state index in [0.29, 0.717) is 11.8 Å². The molecule has 1 heterocycles. The molecule has 0 aromatic rings. The van der Waals surface area contributed by atoms with Crippen LogP contribution in [0.15, 0.2) is 37.0 Å². The maximum absolute atomic E-state index is 13.1. The lowest BCUT2D eigenvalue weighted by Crippen LogP contribution is -2.53. The lowest BCUT2D eigenvalue weighted by atomic mass is 9.74. The normalized spacial score (nSPS) is 34.4. The van der Waals surface area contributed by atoms with Crippen molar-refractivity contribution in [2.75, 3.05) is 13.6 Å². The number of rotatable bonds is 6. The summed E-state index contributed by atoms with van der Waals surface area (Å²) < 4.78 is 0. The lowest BCUT2D eigenvalue weighted by Gasteiger charge is -2.39. The zero-order chi connectivity index (χ0) is 18.4. The summed E-state index contributed by atoms with van der Waals surface area (Å²) in [6, 6.07) is -0.385. The van der Waals surface area contributed by atoms with Gasteiger partial charge in [0.1, 0.15) is 5.54 Å². The quantitative estimate of drug-likeness (QED) is 0.424. The Balaban J connectivity index is 1.79. The van der Waals surface area contributed by atoms with Crippen molar-refractivity contribution < 1.29 is 14.4 Å². The predicted molar refractivity (Wildman–Crippen MR) is 95.7 cm³/mol. The molecule has 3 aliphatic rings. The minimum atomic E-state index is -0.838. The van der Waals surface area contributed by atoms with Crippen molar-refractivity contribution in [1.29, 1.82) is 0 Å². The third-order valence-electron chi connectivity index (χ3n) is 6.45. The number of likely N-dealkylation sites (N-methyl/N-ethyl adjacent to an activating group) is 1. The van der Waals surface area contributed by atoms with Crippen molar-refractivity contribution in [3.05, 3.63) is 37.0 Å². The van der Waals surface area contributed by atoms with E-state index in [1.807, 2.05) is 6.92 Å². The first-order chi connectivity index (χ1) is 11.8. The third kappa shape index (κ3) is 2.66. The largest absolute Gasteiger partial charge is 0.327 e. The van der Waals surface area contributed by atoms with Gasteiger partial charge in [0.15, 0.2) is 5.78 Å². The van der Waals surface area contributed by atoms with Crippen LogP contribution in [0.1, 0.15) is 32.6 Å². The number of allylic oxidation sites excluding steroid dienone is 3. The first-order valence-electron chi connectivity index (χ1n) is 8.91. The lowest BCUT2D eigenvalue weighted by molar-refractivity contribution is -0.137. The van der Waals surface area contributed by atoms with Gasteiger partial charge >= 0.3 is 6.03 Å². The van der Waals surface area contributed by atoms with E-state index in [1.54, 1.807) is 30.2 Å². The minimum Gasteiger partial charge on any atom is -0.313 e. The summed E-state index contributed by atoms with van der Waals surface area (Å²) >= 11 is 0. The Labute approximate surface area is 149 Å². The van der Waals surface area contributed by atoms with Gasteiger partial charge in [0.2, 0.25) is 0 Å². The molecule has 2 bridgehead atoms. The molecular weight excluding hydrogens is 316 g/mol. The fourth-order valence-electron chi connectivity index (χ4n) is 4.89. The molecule has 3 rings (SSSR count). The molecule has 2 saturated carbocycles. The molecule has 5 nitrogen and oxygen atoms in total. The topological polar surface area (TPSA) is 57.7 Å². The maximum atomic E-state index is 13.1. The average Bonchev–Trinajstić information content (AvgIpc) is 3.27. The van der Waals surface area contributed by atoms with E-state index in [4.69, 9.17) is 0 Å².